The molecule has 0 aliphatic rings. The fourth-order valence-electron chi connectivity index (χ4n) is 1.82. The Morgan fingerprint density at radius 1 is 1.30 bits per heavy atom. The zero-order valence-electron chi connectivity index (χ0n) is 14.8. The zero-order valence-corrected chi connectivity index (χ0v) is 17.1. The first kappa shape index (κ1) is 22.1. The molecule has 0 aliphatic carbocycles. The minimum atomic E-state index is 0. The number of halogens is 1. The van der Waals surface area contributed by atoms with Gasteiger partial charge in [0.05, 0.1) is 12.3 Å². The van der Waals surface area contributed by atoms with Gasteiger partial charge in [0.1, 0.15) is 12.3 Å². The summed E-state index contributed by atoms with van der Waals surface area (Å²) >= 11 is 0. The molecule has 23 heavy (non-hydrogen) atoms. The molecule has 0 aromatic carbocycles. The fourth-order valence-corrected chi connectivity index (χ4v) is 1.82. The SMILES string of the molecule is CCNC(=NCc1nc(C)c(C)o1)NCCN(C)CCOC.I. The van der Waals surface area contributed by atoms with Crippen LogP contribution in [0.15, 0.2) is 9.41 Å². The largest absolute Gasteiger partial charge is 0.444 e. The third kappa shape index (κ3) is 9.11. The maximum Gasteiger partial charge on any atom is 0.216 e. The van der Waals surface area contributed by atoms with Gasteiger partial charge in [0.25, 0.3) is 0 Å². The highest BCUT2D eigenvalue weighted by atomic mass is 127. The monoisotopic (exact) mass is 439 g/mol. The first-order valence-electron chi connectivity index (χ1n) is 7.69. The van der Waals surface area contributed by atoms with Crippen LogP contribution in [0.5, 0.6) is 0 Å². The highest BCUT2D eigenvalue weighted by Crippen LogP contribution is 2.08. The van der Waals surface area contributed by atoms with Crippen LogP contribution in [0, 0.1) is 13.8 Å². The Morgan fingerprint density at radius 2 is 2.04 bits per heavy atom. The molecule has 8 heteroatoms. The topological polar surface area (TPSA) is 74.9 Å². The Kier molecular flexibility index (Phi) is 12.1. The van der Waals surface area contributed by atoms with Crippen molar-refractivity contribution in [1.29, 1.82) is 0 Å². The van der Waals surface area contributed by atoms with Gasteiger partial charge in [-0.3, -0.25) is 0 Å². The molecule has 0 saturated carbocycles. The van der Waals surface area contributed by atoms with Gasteiger partial charge < -0.3 is 24.7 Å². The summed E-state index contributed by atoms with van der Waals surface area (Å²) in [6, 6.07) is 0. The van der Waals surface area contributed by atoms with Crippen LogP contribution in [-0.2, 0) is 11.3 Å². The Balaban J connectivity index is 0.00000484. The molecule has 1 heterocycles. The fraction of sp³-hybridized carbons (Fsp3) is 0.733. The van der Waals surface area contributed by atoms with E-state index in [0.717, 1.165) is 50.2 Å². The van der Waals surface area contributed by atoms with Crippen LogP contribution in [0.4, 0.5) is 0 Å². The van der Waals surface area contributed by atoms with Crippen molar-refractivity contribution in [2.75, 3.05) is 46.9 Å². The molecule has 7 nitrogen and oxygen atoms in total. The number of nitrogens with one attached hydrogen (secondary N) is 2. The number of ether oxygens (including phenoxy) is 1. The highest BCUT2D eigenvalue weighted by Gasteiger charge is 2.05. The van der Waals surface area contributed by atoms with E-state index >= 15 is 0 Å². The minimum Gasteiger partial charge on any atom is -0.444 e. The molecule has 1 rings (SSSR count). The van der Waals surface area contributed by atoms with Crippen molar-refractivity contribution in [3.05, 3.63) is 17.3 Å². The van der Waals surface area contributed by atoms with E-state index in [1.54, 1.807) is 7.11 Å². The number of rotatable bonds is 9. The summed E-state index contributed by atoms with van der Waals surface area (Å²) in [5.74, 6) is 2.27. The average molecular weight is 439 g/mol. The molecule has 0 atom stereocenters. The lowest BCUT2D eigenvalue weighted by Gasteiger charge is -2.17. The molecule has 0 aliphatic heterocycles. The third-order valence-corrected chi connectivity index (χ3v) is 3.25. The molecule has 0 spiro atoms. The number of methoxy groups -OCH3 is 1. The summed E-state index contributed by atoms with van der Waals surface area (Å²) in [4.78, 5) is 11.0. The van der Waals surface area contributed by atoms with Crippen LogP contribution >= 0.6 is 24.0 Å². The van der Waals surface area contributed by atoms with Crippen molar-refractivity contribution >= 4 is 29.9 Å². The third-order valence-electron chi connectivity index (χ3n) is 3.25. The normalized spacial score (nSPS) is 11.5. The summed E-state index contributed by atoms with van der Waals surface area (Å²) in [5, 5.41) is 6.52. The van der Waals surface area contributed by atoms with Crippen LogP contribution in [0.2, 0.25) is 0 Å². The molecule has 1 aromatic heterocycles. The van der Waals surface area contributed by atoms with Gasteiger partial charge in [-0.2, -0.15) is 0 Å². The Labute approximate surface area is 156 Å². The van der Waals surface area contributed by atoms with Gasteiger partial charge in [0.15, 0.2) is 5.96 Å². The first-order chi connectivity index (χ1) is 10.6. The van der Waals surface area contributed by atoms with Crippen LogP contribution in [0.3, 0.4) is 0 Å². The van der Waals surface area contributed by atoms with Crippen LogP contribution in [0.25, 0.3) is 0 Å². The number of aromatic nitrogens is 1. The second kappa shape index (κ2) is 12.5. The molecule has 0 bridgehead atoms. The lowest BCUT2D eigenvalue weighted by molar-refractivity contribution is 0.162. The quantitative estimate of drug-likeness (QED) is 0.346. The van der Waals surface area contributed by atoms with Gasteiger partial charge in [0, 0.05) is 33.3 Å². The predicted molar refractivity (Wildman–Crippen MR) is 104 cm³/mol. The van der Waals surface area contributed by atoms with Crippen molar-refractivity contribution in [3.63, 3.8) is 0 Å². The van der Waals surface area contributed by atoms with E-state index in [1.165, 1.54) is 0 Å². The number of aliphatic imine (C=N–C) groups is 1. The van der Waals surface area contributed by atoms with Crippen LogP contribution in [0.1, 0.15) is 24.3 Å². The van der Waals surface area contributed by atoms with Crippen molar-refractivity contribution in [2.24, 2.45) is 4.99 Å². The van der Waals surface area contributed by atoms with E-state index in [2.05, 4.69) is 32.6 Å². The van der Waals surface area contributed by atoms with Gasteiger partial charge in [-0.25, -0.2) is 9.98 Å². The summed E-state index contributed by atoms with van der Waals surface area (Å²) in [5.41, 5.74) is 0.919. The number of likely N-dealkylation sites (N-methyl/N-ethyl adjacent to an activating group) is 1. The van der Waals surface area contributed by atoms with Crippen molar-refractivity contribution < 1.29 is 9.15 Å². The summed E-state index contributed by atoms with van der Waals surface area (Å²) < 4.78 is 10.6. The van der Waals surface area contributed by atoms with Crippen molar-refractivity contribution in [2.45, 2.75) is 27.3 Å². The van der Waals surface area contributed by atoms with Crippen molar-refractivity contribution in [1.82, 2.24) is 20.5 Å². The minimum absolute atomic E-state index is 0. The molecule has 0 amide bonds. The van der Waals surface area contributed by atoms with E-state index in [4.69, 9.17) is 9.15 Å². The molecule has 0 fully saturated rings. The Hall–Kier alpha value is -0.870. The van der Waals surface area contributed by atoms with Crippen molar-refractivity contribution in [3.8, 4) is 0 Å². The zero-order chi connectivity index (χ0) is 16.4. The number of oxazole rings is 1. The van der Waals surface area contributed by atoms with Gasteiger partial charge >= 0.3 is 0 Å². The van der Waals surface area contributed by atoms with Gasteiger partial charge in [-0.15, -0.1) is 24.0 Å². The average Bonchev–Trinajstić information content (AvgIpc) is 2.81. The van der Waals surface area contributed by atoms with E-state index < -0.39 is 0 Å². The molecule has 2 N–H and O–H groups in total. The number of aryl methyl sites for hydroxylation is 2. The predicted octanol–water partition coefficient (Wildman–Crippen LogP) is 1.54. The molecule has 0 radical (unpaired) electrons. The first-order valence-corrected chi connectivity index (χ1v) is 7.69. The lowest BCUT2D eigenvalue weighted by Crippen LogP contribution is -2.41. The van der Waals surface area contributed by atoms with Crippen LogP contribution < -0.4 is 10.6 Å². The molecular formula is C15H30IN5O2. The molecule has 0 unspecified atom stereocenters. The molecule has 0 saturated heterocycles. The summed E-state index contributed by atoms with van der Waals surface area (Å²) in [6.07, 6.45) is 0. The highest BCUT2D eigenvalue weighted by molar-refractivity contribution is 14.0. The Bertz CT molecular complexity index is 445. The second-order valence-corrected chi connectivity index (χ2v) is 5.17. The van der Waals surface area contributed by atoms with E-state index in [0.29, 0.717) is 12.4 Å². The number of nitrogens with zero attached hydrogens (tertiary/aromatic N) is 3. The van der Waals surface area contributed by atoms with Gasteiger partial charge in [-0.05, 0) is 27.8 Å². The second-order valence-electron chi connectivity index (χ2n) is 5.17. The molecular weight excluding hydrogens is 409 g/mol. The van der Waals surface area contributed by atoms with Gasteiger partial charge in [0.2, 0.25) is 5.89 Å². The number of guanidine groups is 1. The maximum atomic E-state index is 5.53. The smallest absolute Gasteiger partial charge is 0.216 e. The standard InChI is InChI=1S/C15H29N5O2.HI/c1-6-16-15(17-7-8-20(4)9-10-21-5)18-11-14-19-12(2)13(3)22-14;/h6-11H2,1-5H3,(H2,16,17,18);1H. The van der Waals surface area contributed by atoms with Crippen LogP contribution in [-0.4, -0.2) is 62.8 Å². The van der Waals surface area contributed by atoms with E-state index in [9.17, 15) is 0 Å². The van der Waals surface area contributed by atoms with E-state index in [1.807, 2.05) is 20.8 Å². The van der Waals surface area contributed by atoms with E-state index in [-0.39, 0.29) is 24.0 Å². The Morgan fingerprint density at radius 3 is 2.61 bits per heavy atom. The lowest BCUT2D eigenvalue weighted by atomic mass is 10.4. The summed E-state index contributed by atoms with van der Waals surface area (Å²) in [6.45, 7) is 10.5. The maximum absolute atomic E-state index is 5.53. The van der Waals surface area contributed by atoms with Gasteiger partial charge in [-0.1, -0.05) is 0 Å². The summed E-state index contributed by atoms with van der Waals surface area (Å²) in [7, 11) is 3.79. The molecule has 1 aromatic rings. The number of hydrogen-bond donors (Lipinski definition) is 2. The number of hydrogen-bond acceptors (Lipinski definition) is 5. The molecule has 134 valence electrons.